The number of carbonyl (C=O) groups is 1. The summed E-state index contributed by atoms with van der Waals surface area (Å²) in [6.45, 7) is 4.93. The van der Waals surface area contributed by atoms with E-state index in [0.717, 1.165) is 34.0 Å². The Morgan fingerprint density at radius 1 is 1.06 bits per heavy atom. The Morgan fingerprint density at radius 2 is 1.84 bits per heavy atom. The molecule has 1 amide bonds. The van der Waals surface area contributed by atoms with Crippen molar-refractivity contribution in [3.8, 4) is 23.1 Å². The summed E-state index contributed by atoms with van der Waals surface area (Å²) in [4.78, 5) is 12.2. The highest BCUT2D eigenvalue weighted by atomic mass is 16.5. The third kappa shape index (κ3) is 5.86. The lowest BCUT2D eigenvalue weighted by atomic mass is 10.1. The number of ether oxygens (including phenoxy) is 3. The summed E-state index contributed by atoms with van der Waals surface area (Å²) in [5, 5.41) is 7.56. The SMILES string of the molecule is COCCNC(=O)CCc1c(C)nn(-c2ccc(OC)cc2)c1Oc1cccc(C)c1. The molecule has 0 aliphatic rings. The summed E-state index contributed by atoms with van der Waals surface area (Å²) in [5.74, 6) is 2.07. The van der Waals surface area contributed by atoms with Crippen molar-refractivity contribution in [2.75, 3.05) is 27.4 Å². The highest BCUT2D eigenvalue weighted by Gasteiger charge is 2.20. The van der Waals surface area contributed by atoms with Gasteiger partial charge in [0.15, 0.2) is 0 Å². The van der Waals surface area contributed by atoms with Crippen molar-refractivity contribution in [3.05, 3.63) is 65.4 Å². The van der Waals surface area contributed by atoms with Gasteiger partial charge in [-0.25, -0.2) is 4.68 Å². The van der Waals surface area contributed by atoms with Crippen LogP contribution in [0.5, 0.6) is 17.4 Å². The van der Waals surface area contributed by atoms with Crippen LogP contribution in [0.3, 0.4) is 0 Å². The van der Waals surface area contributed by atoms with Crippen LogP contribution in [0.4, 0.5) is 0 Å². The minimum absolute atomic E-state index is 0.0323. The molecule has 3 aromatic rings. The number of carbonyl (C=O) groups excluding carboxylic acids is 1. The van der Waals surface area contributed by atoms with E-state index in [2.05, 4.69) is 5.32 Å². The zero-order valence-electron chi connectivity index (χ0n) is 18.5. The van der Waals surface area contributed by atoms with Crippen molar-refractivity contribution >= 4 is 5.91 Å². The molecule has 1 N–H and O–H groups in total. The number of benzene rings is 2. The predicted molar refractivity (Wildman–Crippen MR) is 119 cm³/mol. The molecule has 0 aliphatic carbocycles. The van der Waals surface area contributed by atoms with Gasteiger partial charge in [0, 0.05) is 25.6 Å². The van der Waals surface area contributed by atoms with Crippen LogP contribution >= 0.6 is 0 Å². The highest BCUT2D eigenvalue weighted by Crippen LogP contribution is 2.32. The van der Waals surface area contributed by atoms with Crippen LogP contribution in [0, 0.1) is 13.8 Å². The summed E-state index contributed by atoms with van der Waals surface area (Å²) in [5.41, 5.74) is 3.67. The normalized spacial score (nSPS) is 10.7. The van der Waals surface area contributed by atoms with Crippen LogP contribution in [0.25, 0.3) is 5.69 Å². The largest absolute Gasteiger partial charge is 0.497 e. The van der Waals surface area contributed by atoms with Crippen LogP contribution in [-0.2, 0) is 16.0 Å². The Morgan fingerprint density at radius 3 is 2.52 bits per heavy atom. The second kappa shape index (κ2) is 10.6. The first-order valence-corrected chi connectivity index (χ1v) is 10.2. The van der Waals surface area contributed by atoms with Gasteiger partial charge < -0.3 is 19.5 Å². The van der Waals surface area contributed by atoms with E-state index in [1.807, 2.05) is 62.4 Å². The third-order valence-corrected chi connectivity index (χ3v) is 4.89. The molecular weight excluding hydrogens is 394 g/mol. The number of rotatable bonds is 10. The Bertz CT molecular complexity index is 1010. The number of nitrogens with zero attached hydrogens (tertiary/aromatic N) is 2. The molecule has 0 saturated carbocycles. The molecule has 0 fully saturated rings. The second-order valence-electron chi connectivity index (χ2n) is 7.24. The van der Waals surface area contributed by atoms with Gasteiger partial charge in [-0.3, -0.25) is 4.79 Å². The third-order valence-electron chi connectivity index (χ3n) is 4.89. The molecule has 7 nitrogen and oxygen atoms in total. The predicted octanol–water partition coefficient (Wildman–Crippen LogP) is 3.99. The summed E-state index contributed by atoms with van der Waals surface area (Å²) in [7, 11) is 3.24. The quantitative estimate of drug-likeness (QED) is 0.499. The van der Waals surface area contributed by atoms with Crippen molar-refractivity contribution in [1.29, 1.82) is 0 Å². The number of amides is 1. The number of nitrogens with one attached hydrogen (secondary N) is 1. The Hall–Kier alpha value is -3.32. The minimum Gasteiger partial charge on any atom is -0.497 e. The number of hydrogen-bond acceptors (Lipinski definition) is 5. The summed E-state index contributed by atoms with van der Waals surface area (Å²) in [6.07, 6.45) is 0.852. The molecule has 0 saturated heterocycles. The Kier molecular flexibility index (Phi) is 7.67. The van der Waals surface area contributed by atoms with E-state index in [4.69, 9.17) is 19.3 Å². The molecule has 3 rings (SSSR count). The van der Waals surface area contributed by atoms with Crippen molar-refractivity contribution in [2.45, 2.75) is 26.7 Å². The van der Waals surface area contributed by atoms with Crippen LogP contribution in [0.2, 0.25) is 0 Å². The molecule has 2 aromatic carbocycles. The lowest BCUT2D eigenvalue weighted by Crippen LogP contribution is -2.27. The van der Waals surface area contributed by atoms with Gasteiger partial charge in [0.1, 0.15) is 11.5 Å². The fourth-order valence-corrected chi connectivity index (χ4v) is 3.24. The van der Waals surface area contributed by atoms with Crippen molar-refractivity contribution in [1.82, 2.24) is 15.1 Å². The molecule has 7 heteroatoms. The Labute approximate surface area is 182 Å². The molecular formula is C24H29N3O4. The molecule has 31 heavy (non-hydrogen) atoms. The van der Waals surface area contributed by atoms with Crippen LogP contribution in [-0.4, -0.2) is 43.1 Å². The highest BCUT2D eigenvalue weighted by molar-refractivity contribution is 5.76. The molecule has 0 bridgehead atoms. The maximum atomic E-state index is 12.2. The van der Waals surface area contributed by atoms with E-state index >= 15 is 0 Å². The van der Waals surface area contributed by atoms with Gasteiger partial charge in [0.25, 0.3) is 0 Å². The number of hydrogen-bond donors (Lipinski definition) is 1. The van der Waals surface area contributed by atoms with Gasteiger partial charge in [-0.05, 0) is 62.2 Å². The lowest BCUT2D eigenvalue weighted by molar-refractivity contribution is -0.121. The van der Waals surface area contributed by atoms with Crippen LogP contribution < -0.4 is 14.8 Å². The fraction of sp³-hybridized carbons (Fsp3) is 0.333. The lowest BCUT2D eigenvalue weighted by Gasteiger charge is -2.12. The maximum Gasteiger partial charge on any atom is 0.226 e. The van der Waals surface area contributed by atoms with E-state index in [1.165, 1.54) is 0 Å². The average Bonchev–Trinajstić information content (AvgIpc) is 3.07. The van der Waals surface area contributed by atoms with Crippen molar-refractivity contribution in [2.24, 2.45) is 0 Å². The molecule has 0 atom stereocenters. The van der Waals surface area contributed by atoms with E-state index in [0.29, 0.717) is 31.9 Å². The van der Waals surface area contributed by atoms with Crippen molar-refractivity contribution < 1.29 is 19.0 Å². The maximum absolute atomic E-state index is 12.2. The molecule has 0 unspecified atom stereocenters. The summed E-state index contributed by atoms with van der Waals surface area (Å²) >= 11 is 0. The number of aromatic nitrogens is 2. The van der Waals surface area contributed by atoms with E-state index in [-0.39, 0.29) is 5.91 Å². The smallest absolute Gasteiger partial charge is 0.226 e. The molecule has 0 spiro atoms. The van der Waals surface area contributed by atoms with Gasteiger partial charge in [0.2, 0.25) is 11.8 Å². The second-order valence-corrected chi connectivity index (χ2v) is 7.24. The van der Waals surface area contributed by atoms with Gasteiger partial charge in [-0.1, -0.05) is 12.1 Å². The standard InChI is InChI=1S/C24H29N3O4/c1-17-6-5-7-21(16-17)31-24-22(12-13-23(28)25-14-15-29-3)18(2)26-27(24)19-8-10-20(30-4)11-9-19/h5-11,16H,12-15H2,1-4H3,(H,25,28). The summed E-state index contributed by atoms with van der Waals surface area (Å²) < 4.78 is 18.3. The van der Waals surface area contributed by atoms with Gasteiger partial charge >= 0.3 is 0 Å². The van der Waals surface area contributed by atoms with Crippen molar-refractivity contribution in [3.63, 3.8) is 0 Å². The Balaban J connectivity index is 1.91. The summed E-state index contributed by atoms with van der Waals surface area (Å²) in [6, 6.07) is 15.5. The first-order chi connectivity index (χ1) is 15.0. The molecule has 1 aromatic heterocycles. The van der Waals surface area contributed by atoms with E-state index in [1.54, 1.807) is 18.9 Å². The zero-order chi connectivity index (χ0) is 22.2. The average molecular weight is 424 g/mol. The van der Waals surface area contributed by atoms with E-state index in [9.17, 15) is 4.79 Å². The fourth-order valence-electron chi connectivity index (χ4n) is 3.24. The first kappa shape index (κ1) is 22.4. The monoisotopic (exact) mass is 423 g/mol. The zero-order valence-corrected chi connectivity index (χ0v) is 18.5. The van der Waals surface area contributed by atoms with Gasteiger partial charge in [-0.15, -0.1) is 0 Å². The molecule has 164 valence electrons. The number of methoxy groups -OCH3 is 2. The first-order valence-electron chi connectivity index (χ1n) is 10.2. The van der Waals surface area contributed by atoms with Crippen LogP contribution in [0.15, 0.2) is 48.5 Å². The minimum atomic E-state index is -0.0323. The topological polar surface area (TPSA) is 74.6 Å². The van der Waals surface area contributed by atoms with E-state index < -0.39 is 0 Å². The molecule has 1 heterocycles. The van der Waals surface area contributed by atoms with Gasteiger partial charge in [0.05, 0.1) is 25.1 Å². The molecule has 0 aliphatic heterocycles. The molecule has 0 radical (unpaired) electrons. The number of aryl methyl sites for hydroxylation is 2. The van der Waals surface area contributed by atoms with Crippen LogP contribution in [0.1, 0.15) is 23.2 Å². The van der Waals surface area contributed by atoms with Gasteiger partial charge in [-0.2, -0.15) is 5.10 Å².